The van der Waals surface area contributed by atoms with Crippen LogP contribution in [-0.4, -0.2) is 91.7 Å². The minimum atomic E-state index is -3.01. The van der Waals surface area contributed by atoms with Gasteiger partial charge < -0.3 is 42.3 Å². The highest BCUT2D eigenvalue weighted by Gasteiger charge is 2.67. The zero-order valence-electron chi connectivity index (χ0n) is 23.4. The number of carbonyl (C=O) groups is 4. The first-order valence-corrected chi connectivity index (χ1v) is 13.2. The van der Waals surface area contributed by atoms with Crippen molar-refractivity contribution >= 4 is 29.1 Å². The number of hydrogen-bond acceptors (Lipinski definition) is 11. The minimum absolute atomic E-state index is 0.120. The van der Waals surface area contributed by atoms with Gasteiger partial charge in [0.2, 0.25) is 11.7 Å². The number of phenols is 1. The Bertz CT molecular complexity index is 1420. The van der Waals surface area contributed by atoms with Crippen molar-refractivity contribution in [3.8, 4) is 5.75 Å². The van der Waals surface area contributed by atoms with E-state index in [1.165, 1.54) is 31.1 Å². The zero-order valence-corrected chi connectivity index (χ0v) is 23.4. The van der Waals surface area contributed by atoms with Crippen molar-refractivity contribution in [3.63, 3.8) is 0 Å². The monoisotopic (exact) mass is 572 g/mol. The third-order valence-electron chi connectivity index (χ3n) is 8.45. The predicted octanol–water partition coefficient (Wildman–Crippen LogP) is -0.0357. The molecule has 0 bridgehead atoms. The van der Waals surface area contributed by atoms with Crippen LogP contribution in [0.3, 0.4) is 0 Å². The summed E-state index contributed by atoms with van der Waals surface area (Å²) in [7, 11) is 2.93. The highest BCUT2D eigenvalue weighted by molar-refractivity contribution is 6.25. The SMILES string of the molecule is CC(C)C[C@H](N)C(=O)Nc1ccc2c(c1O)C(=O)C1=C(O)[C@]3(O)C(=O)C(C(N)=O)=C(O)[C@@H](N(C)C)C3C(O)C1C2C. The lowest BCUT2D eigenvalue weighted by atomic mass is 9.55. The summed E-state index contributed by atoms with van der Waals surface area (Å²) in [6.45, 7) is 5.39. The Morgan fingerprint density at radius 2 is 1.76 bits per heavy atom. The standard InChI is InChI=1S/C28H36N4O9/c1-9(2)8-12(29)27(40)31-13-7-6-11-10(3)14-16(21(34)15(11)20(13)33)24(37)28(41)18(22(14)35)19(32(4)5)23(36)17(25(28)38)26(30)39/h6-7,9-10,12,14,18-19,22,33,35-37,41H,8,29H2,1-5H3,(H2,30,39)(H,31,40)/t10?,12-,14?,18?,19-,22?,28-/m0/s1. The number of fused-ring (bicyclic) bond motifs is 3. The summed E-state index contributed by atoms with van der Waals surface area (Å²) >= 11 is 0. The Labute approximate surface area is 236 Å². The van der Waals surface area contributed by atoms with Crippen molar-refractivity contribution in [2.45, 2.75) is 56.9 Å². The number of carbonyl (C=O) groups excluding carboxylic acids is 4. The van der Waals surface area contributed by atoms with Crippen LogP contribution in [0.1, 0.15) is 49.0 Å². The maximum absolute atomic E-state index is 13.9. The molecule has 4 unspecified atom stereocenters. The number of likely N-dealkylation sites (N-methyl/N-ethyl adjacent to an activating group) is 1. The van der Waals surface area contributed by atoms with Crippen LogP contribution in [0, 0.1) is 17.8 Å². The number of rotatable bonds is 6. The number of nitrogens with one attached hydrogen (secondary N) is 1. The van der Waals surface area contributed by atoms with Crippen LogP contribution in [0.4, 0.5) is 5.69 Å². The average Bonchev–Trinajstić information content (AvgIpc) is 2.86. The number of nitrogens with zero attached hydrogens (tertiary/aromatic N) is 1. The van der Waals surface area contributed by atoms with E-state index in [-0.39, 0.29) is 22.7 Å². The normalized spacial score (nSPS) is 30.2. The van der Waals surface area contributed by atoms with E-state index in [4.69, 9.17) is 11.5 Å². The molecule has 222 valence electrons. The van der Waals surface area contributed by atoms with E-state index in [0.717, 1.165) is 0 Å². The molecule has 13 heteroatoms. The predicted molar refractivity (Wildman–Crippen MR) is 146 cm³/mol. The number of aliphatic hydroxyl groups is 4. The van der Waals surface area contributed by atoms with Gasteiger partial charge in [0.15, 0.2) is 17.1 Å². The largest absolute Gasteiger partial charge is 0.510 e. The summed E-state index contributed by atoms with van der Waals surface area (Å²) in [6, 6.07) is 0.643. The van der Waals surface area contributed by atoms with E-state index in [1.807, 2.05) is 13.8 Å². The molecule has 0 aromatic heterocycles. The number of benzene rings is 1. The van der Waals surface area contributed by atoms with Gasteiger partial charge in [-0.05, 0) is 44.0 Å². The zero-order chi connectivity index (χ0) is 30.9. The summed E-state index contributed by atoms with van der Waals surface area (Å²) < 4.78 is 0. The van der Waals surface area contributed by atoms with Gasteiger partial charge in [0.25, 0.3) is 5.91 Å². The number of nitrogens with two attached hydrogens (primary N) is 2. The van der Waals surface area contributed by atoms with Gasteiger partial charge in [-0.15, -0.1) is 0 Å². The molecule has 4 rings (SSSR count). The van der Waals surface area contributed by atoms with Gasteiger partial charge in [0.05, 0.1) is 35.4 Å². The van der Waals surface area contributed by atoms with Crippen LogP contribution >= 0.6 is 0 Å². The van der Waals surface area contributed by atoms with E-state index in [9.17, 15) is 44.7 Å². The Hall–Kier alpha value is -3.78. The van der Waals surface area contributed by atoms with Crippen molar-refractivity contribution in [1.82, 2.24) is 4.90 Å². The second-order valence-electron chi connectivity index (χ2n) is 11.7. The fourth-order valence-electron chi connectivity index (χ4n) is 6.56. The molecule has 0 saturated heterocycles. The number of primary amides is 1. The molecule has 0 radical (unpaired) electrons. The number of Topliss-reactive ketones (excluding diaryl/α,β-unsaturated/α-hetero) is 2. The van der Waals surface area contributed by atoms with Crippen molar-refractivity contribution in [3.05, 3.63) is 45.9 Å². The molecule has 13 nitrogen and oxygen atoms in total. The van der Waals surface area contributed by atoms with Gasteiger partial charge >= 0.3 is 0 Å². The number of aromatic hydroxyl groups is 1. The van der Waals surface area contributed by atoms with Gasteiger partial charge in [-0.25, -0.2) is 0 Å². The summed E-state index contributed by atoms with van der Waals surface area (Å²) in [5, 5.41) is 59.3. The minimum Gasteiger partial charge on any atom is -0.510 e. The van der Waals surface area contributed by atoms with Gasteiger partial charge in [0.1, 0.15) is 17.1 Å². The van der Waals surface area contributed by atoms with Crippen LogP contribution < -0.4 is 16.8 Å². The van der Waals surface area contributed by atoms with Gasteiger partial charge in [-0.2, -0.15) is 0 Å². The van der Waals surface area contributed by atoms with Crippen LogP contribution in [0.2, 0.25) is 0 Å². The number of hydrogen-bond donors (Lipinski definition) is 8. The summed E-state index contributed by atoms with van der Waals surface area (Å²) in [5.41, 5.74) is 6.61. The Morgan fingerprint density at radius 1 is 1.15 bits per heavy atom. The third-order valence-corrected chi connectivity index (χ3v) is 8.45. The highest BCUT2D eigenvalue weighted by Crippen LogP contribution is 2.56. The number of ketones is 2. The lowest BCUT2D eigenvalue weighted by Gasteiger charge is -2.53. The molecule has 3 aliphatic carbocycles. The molecule has 0 heterocycles. The number of phenolic OH excluding ortho intramolecular Hbond substituents is 1. The van der Waals surface area contributed by atoms with E-state index >= 15 is 0 Å². The summed E-state index contributed by atoms with van der Waals surface area (Å²) in [4.78, 5) is 53.4. The molecule has 0 fully saturated rings. The molecular formula is C28H36N4O9. The quantitative estimate of drug-likeness (QED) is 0.166. The second-order valence-corrected chi connectivity index (χ2v) is 11.7. The lowest BCUT2D eigenvalue weighted by molar-refractivity contribution is -0.162. The average molecular weight is 573 g/mol. The second kappa shape index (κ2) is 10.2. The molecule has 10 N–H and O–H groups in total. The van der Waals surface area contributed by atoms with E-state index in [1.54, 1.807) is 6.92 Å². The Kier molecular flexibility index (Phi) is 7.54. The third kappa shape index (κ3) is 4.31. The van der Waals surface area contributed by atoms with Crippen molar-refractivity contribution < 1.29 is 44.7 Å². The van der Waals surface area contributed by atoms with Gasteiger partial charge in [-0.3, -0.25) is 24.1 Å². The van der Waals surface area contributed by atoms with Gasteiger partial charge in [0, 0.05) is 11.5 Å². The molecule has 7 atom stereocenters. The summed E-state index contributed by atoms with van der Waals surface area (Å²) in [5.74, 6) is -10.4. The summed E-state index contributed by atoms with van der Waals surface area (Å²) in [6.07, 6.45) is -1.33. The molecule has 1 aromatic carbocycles. The lowest BCUT2D eigenvalue weighted by Crippen LogP contribution is -2.68. The fraction of sp³-hybridized carbons (Fsp3) is 0.500. The first-order valence-electron chi connectivity index (χ1n) is 13.2. The number of amides is 2. The molecule has 41 heavy (non-hydrogen) atoms. The first kappa shape index (κ1) is 30.2. The smallest absolute Gasteiger partial charge is 0.255 e. The number of aliphatic hydroxyl groups excluding tert-OH is 3. The van der Waals surface area contributed by atoms with Crippen LogP contribution in [0.5, 0.6) is 5.75 Å². The first-order chi connectivity index (χ1) is 19.0. The molecule has 3 aliphatic rings. The van der Waals surface area contributed by atoms with Gasteiger partial charge in [-0.1, -0.05) is 26.8 Å². The maximum atomic E-state index is 13.9. The molecule has 0 saturated carbocycles. The van der Waals surface area contributed by atoms with Crippen LogP contribution in [0.25, 0.3) is 0 Å². The van der Waals surface area contributed by atoms with Crippen LogP contribution in [0.15, 0.2) is 34.8 Å². The maximum Gasteiger partial charge on any atom is 0.255 e. The molecular weight excluding hydrogens is 536 g/mol. The molecule has 2 amide bonds. The fourth-order valence-corrected chi connectivity index (χ4v) is 6.56. The van der Waals surface area contributed by atoms with Crippen LogP contribution in [-0.2, 0) is 14.4 Å². The van der Waals surface area contributed by atoms with Crippen molar-refractivity contribution in [1.29, 1.82) is 0 Å². The molecule has 1 aromatic rings. The Balaban J connectivity index is 1.89. The number of anilines is 1. The van der Waals surface area contributed by atoms with Crippen molar-refractivity contribution in [2.75, 3.05) is 19.4 Å². The van der Waals surface area contributed by atoms with E-state index in [2.05, 4.69) is 5.32 Å². The van der Waals surface area contributed by atoms with Crippen molar-refractivity contribution in [2.24, 2.45) is 29.2 Å². The van der Waals surface area contributed by atoms with E-state index in [0.29, 0.717) is 6.42 Å². The highest BCUT2D eigenvalue weighted by atomic mass is 16.4. The topological polar surface area (TPSA) is 237 Å². The molecule has 0 aliphatic heterocycles. The molecule has 0 spiro atoms. The Morgan fingerprint density at radius 3 is 2.29 bits per heavy atom. The van der Waals surface area contributed by atoms with E-state index < -0.39 is 93.3 Å².